The number of hydrogen-bond acceptors (Lipinski definition) is 3. The maximum Gasteiger partial charge on any atom is 0.301 e. The number of rotatable bonds is 4. The zero-order valence-electron chi connectivity index (χ0n) is 5.76. The van der Waals surface area contributed by atoms with Crippen molar-refractivity contribution in [2.45, 2.75) is 25.8 Å². The molecule has 0 aromatic heterocycles. The lowest BCUT2D eigenvalue weighted by Gasteiger charge is -2.02. The molecule has 58 valence electrons. The molecule has 0 saturated heterocycles. The van der Waals surface area contributed by atoms with E-state index in [0.717, 1.165) is 0 Å². The van der Waals surface area contributed by atoms with Gasteiger partial charge in [0.2, 0.25) is 0 Å². The minimum Gasteiger partial charge on any atom is -0.322 e. The van der Waals surface area contributed by atoms with Crippen molar-refractivity contribution in [3.8, 4) is 0 Å². The SMILES string of the molecule is CC(=O)C(N)CCC(=O)F. The Bertz CT molecular complexity index is 147. The second-order valence-electron chi connectivity index (χ2n) is 2.11. The molecule has 0 rings (SSSR count). The molecule has 0 aromatic carbocycles. The number of nitrogens with two attached hydrogens (primary N) is 1. The van der Waals surface area contributed by atoms with Crippen molar-refractivity contribution in [2.75, 3.05) is 0 Å². The van der Waals surface area contributed by atoms with Gasteiger partial charge in [0.15, 0.2) is 0 Å². The van der Waals surface area contributed by atoms with Crippen molar-refractivity contribution in [2.24, 2.45) is 5.73 Å². The lowest BCUT2D eigenvalue weighted by molar-refractivity contribution is -0.129. The first-order valence-electron chi connectivity index (χ1n) is 2.98. The number of carbonyl (C=O) groups is 2. The van der Waals surface area contributed by atoms with E-state index in [1.54, 1.807) is 0 Å². The summed E-state index contributed by atoms with van der Waals surface area (Å²) in [6, 6.07) is -2.11. The number of ketones is 1. The predicted molar refractivity (Wildman–Crippen MR) is 34.0 cm³/mol. The van der Waals surface area contributed by atoms with Crippen molar-refractivity contribution in [1.29, 1.82) is 0 Å². The van der Waals surface area contributed by atoms with Crippen LogP contribution in [0.25, 0.3) is 0 Å². The molecular weight excluding hydrogens is 137 g/mol. The second-order valence-corrected chi connectivity index (χ2v) is 2.11. The monoisotopic (exact) mass is 147 g/mol. The largest absolute Gasteiger partial charge is 0.322 e. The van der Waals surface area contributed by atoms with Crippen LogP contribution in [0, 0.1) is 0 Å². The van der Waals surface area contributed by atoms with Gasteiger partial charge in [0, 0.05) is 6.42 Å². The lowest BCUT2D eigenvalue weighted by Crippen LogP contribution is -2.28. The highest BCUT2D eigenvalue weighted by molar-refractivity contribution is 5.81. The predicted octanol–water partition coefficient (Wildman–Crippen LogP) is 0.179. The van der Waals surface area contributed by atoms with Gasteiger partial charge in [-0.1, -0.05) is 0 Å². The zero-order valence-corrected chi connectivity index (χ0v) is 5.76. The summed E-state index contributed by atoms with van der Waals surface area (Å²) in [6.07, 6.45) is -0.161. The van der Waals surface area contributed by atoms with Gasteiger partial charge in [0.25, 0.3) is 0 Å². The number of halogens is 1. The molecule has 0 spiro atoms. The van der Waals surface area contributed by atoms with Crippen LogP contribution in [0.4, 0.5) is 4.39 Å². The van der Waals surface area contributed by atoms with E-state index in [1.807, 2.05) is 0 Å². The summed E-state index contributed by atoms with van der Waals surface area (Å²) < 4.78 is 11.5. The van der Waals surface area contributed by atoms with Gasteiger partial charge in [0.1, 0.15) is 5.78 Å². The molecule has 0 aliphatic rings. The molecule has 1 atom stereocenters. The quantitative estimate of drug-likeness (QED) is 0.577. The maximum atomic E-state index is 11.5. The van der Waals surface area contributed by atoms with Crippen LogP contribution in [0.1, 0.15) is 19.8 Å². The molecule has 1 unspecified atom stereocenters. The van der Waals surface area contributed by atoms with Crippen molar-refractivity contribution in [1.82, 2.24) is 0 Å². The van der Waals surface area contributed by atoms with Crippen molar-refractivity contribution in [3.63, 3.8) is 0 Å². The van der Waals surface area contributed by atoms with Gasteiger partial charge in [-0.25, -0.2) is 0 Å². The molecule has 3 nitrogen and oxygen atoms in total. The van der Waals surface area contributed by atoms with Crippen LogP contribution >= 0.6 is 0 Å². The standard InChI is InChI=1S/C6H10FNO2/c1-4(9)5(8)2-3-6(7)10/h5H,2-3,8H2,1H3. The molecule has 0 bridgehead atoms. The molecule has 0 radical (unpaired) electrons. The van der Waals surface area contributed by atoms with Gasteiger partial charge < -0.3 is 5.73 Å². The van der Waals surface area contributed by atoms with Gasteiger partial charge in [-0.15, -0.1) is 0 Å². The molecule has 2 N–H and O–H groups in total. The average Bonchev–Trinajstić information content (AvgIpc) is 1.82. The summed E-state index contributed by atoms with van der Waals surface area (Å²) in [5.41, 5.74) is 5.20. The Morgan fingerprint density at radius 1 is 1.60 bits per heavy atom. The Kier molecular flexibility index (Phi) is 3.79. The molecule has 0 aliphatic carbocycles. The van der Waals surface area contributed by atoms with E-state index in [4.69, 9.17) is 5.73 Å². The fourth-order valence-electron chi connectivity index (χ4n) is 0.472. The number of hydrogen-bond donors (Lipinski definition) is 1. The second kappa shape index (κ2) is 4.11. The van der Waals surface area contributed by atoms with Gasteiger partial charge >= 0.3 is 6.04 Å². The van der Waals surface area contributed by atoms with E-state index < -0.39 is 12.1 Å². The van der Waals surface area contributed by atoms with E-state index in [1.165, 1.54) is 6.92 Å². The minimum atomic E-state index is -1.42. The summed E-state index contributed by atoms with van der Waals surface area (Å²) >= 11 is 0. The maximum absolute atomic E-state index is 11.5. The fraction of sp³-hybridized carbons (Fsp3) is 0.667. The summed E-state index contributed by atoms with van der Waals surface area (Å²) in [4.78, 5) is 20.1. The Balaban J connectivity index is 3.49. The van der Waals surface area contributed by atoms with Gasteiger partial charge in [-0.3, -0.25) is 9.59 Å². The number of carbonyl (C=O) groups excluding carboxylic acids is 2. The first-order chi connectivity index (χ1) is 4.54. The van der Waals surface area contributed by atoms with Crippen LogP contribution in [0.2, 0.25) is 0 Å². The van der Waals surface area contributed by atoms with Crippen LogP contribution in [0.15, 0.2) is 0 Å². The Morgan fingerprint density at radius 2 is 2.10 bits per heavy atom. The molecule has 0 heterocycles. The highest BCUT2D eigenvalue weighted by Crippen LogP contribution is 1.96. The fourth-order valence-corrected chi connectivity index (χ4v) is 0.472. The molecule has 0 saturated carbocycles. The summed E-state index contributed by atoms with van der Waals surface area (Å²) in [5.74, 6) is -0.221. The topological polar surface area (TPSA) is 60.2 Å². The van der Waals surface area contributed by atoms with E-state index in [-0.39, 0.29) is 18.6 Å². The molecule has 0 amide bonds. The third-order valence-corrected chi connectivity index (χ3v) is 1.17. The van der Waals surface area contributed by atoms with Crippen LogP contribution in [-0.4, -0.2) is 17.9 Å². The first-order valence-corrected chi connectivity index (χ1v) is 2.98. The zero-order chi connectivity index (χ0) is 8.15. The Morgan fingerprint density at radius 3 is 2.40 bits per heavy atom. The minimum absolute atomic E-state index is 0.102. The Hall–Kier alpha value is -0.770. The normalized spacial score (nSPS) is 12.7. The average molecular weight is 147 g/mol. The van der Waals surface area contributed by atoms with Crippen LogP contribution < -0.4 is 5.73 Å². The third-order valence-electron chi connectivity index (χ3n) is 1.17. The Labute approximate surface area is 58.4 Å². The first kappa shape index (κ1) is 9.23. The molecule has 0 fully saturated rings. The third kappa shape index (κ3) is 4.14. The van der Waals surface area contributed by atoms with E-state index >= 15 is 0 Å². The van der Waals surface area contributed by atoms with E-state index in [0.29, 0.717) is 0 Å². The summed E-state index contributed by atoms with van der Waals surface area (Å²) in [7, 11) is 0. The number of Topliss-reactive ketones (excluding diaryl/α,β-unsaturated/α-hetero) is 1. The van der Waals surface area contributed by atoms with Crippen LogP contribution in [0.3, 0.4) is 0 Å². The van der Waals surface area contributed by atoms with E-state index in [9.17, 15) is 14.0 Å². The van der Waals surface area contributed by atoms with Crippen LogP contribution in [0.5, 0.6) is 0 Å². The van der Waals surface area contributed by atoms with E-state index in [2.05, 4.69) is 0 Å². The lowest BCUT2D eigenvalue weighted by atomic mass is 10.1. The molecule has 0 aliphatic heterocycles. The molecule has 10 heavy (non-hydrogen) atoms. The van der Waals surface area contributed by atoms with Crippen molar-refractivity contribution in [3.05, 3.63) is 0 Å². The molecular formula is C6H10FNO2. The highest BCUT2D eigenvalue weighted by atomic mass is 19.1. The smallest absolute Gasteiger partial charge is 0.301 e. The van der Waals surface area contributed by atoms with Crippen molar-refractivity contribution >= 4 is 11.8 Å². The summed E-state index contributed by atoms with van der Waals surface area (Å²) in [6.45, 7) is 1.31. The molecule has 4 heteroatoms. The van der Waals surface area contributed by atoms with Gasteiger partial charge in [-0.05, 0) is 13.3 Å². The van der Waals surface area contributed by atoms with Crippen molar-refractivity contribution < 1.29 is 14.0 Å². The van der Waals surface area contributed by atoms with Gasteiger partial charge in [-0.2, -0.15) is 4.39 Å². The van der Waals surface area contributed by atoms with Gasteiger partial charge in [0.05, 0.1) is 6.04 Å². The summed E-state index contributed by atoms with van der Waals surface area (Å²) in [5, 5.41) is 0. The highest BCUT2D eigenvalue weighted by Gasteiger charge is 2.09. The van der Waals surface area contributed by atoms with Crippen LogP contribution in [-0.2, 0) is 9.59 Å². The molecule has 0 aromatic rings.